The van der Waals surface area contributed by atoms with E-state index in [0.717, 1.165) is 12.1 Å². The zero-order valence-electron chi connectivity index (χ0n) is 11.8. The van der Waals surface area contributed by atoms with Gasteiger partial charge in [0.1, 0.15) is 22.5 Å². The Morgan fingerprint density at radius 2 is 1.83 bits per heavy atom. The highest BCUT2D eigenvalue weighted by Gasteiger charge is 2.19. The minimum atomic E-state index is -3.88. The first kappa shape index (κ1) is 16.9. The Bertz CT molecular complexity index is 897. The Morgan fingerprint density at radius 3 is 2.39 bits per heavy atom. The molecule has 0 spiro atoms. The van der Waals surface area contributed by atoms with Gasteiger partial charge in [-0.3, -0.25) is 0 Å². The van der Waals surface area contributed by atoms with Gasteiger partial charge < -0.3 is 10.2 Å². The predicted octanol–water partition coefficient (Wildman–Crippen LogP) is 3.23. The highest BCUT2D eigenvalue weighted by molar-refractivity contribution is 7.95. The fourth-order valence-corrected chi connectivity index (χ4v) is 3.22. The van der Waals surface area contributed by atoms with Crippen LogP contribution in [0.3, 0.4) is 0 Å². The van der Waals surface area contributed by atoms with Crippen LogP contribution in [0.1, 0.15) is 11.1 Å². The SMILES string of the molecule is N#C/C(=C\c1ccc(O)cc1O)S(=O)(=O)Cc1ccc(Cl)cc1. The molecule has 0 heterocycles. The van der Waals surface area contributed by atoms with Gasteiger partial charge in [0.15, 0.2) is 9.84 Å². The summed E-state index contributed by atoms with van der Waals surface area (Å²) in [4.78, 5) is -0.478. The van der Waals surface area contributed by atoms with Crippen molar-refractivity contribution in [2.24, 2.45) is 0 Å². The maximum Gasteiger partial charge on any atom is 0.192 e. The molecular formula is C16H12ClNO4S. The summed E-state index contributed by atoms with van der Waals surface area (Å²) in [6.07, 6.45) is 1.07. The summed E-state index contributed by atoms with van der Waals surface area (Å²) in [5.41, 5.74) is 0.615. The van der Waals surface area contributed by atoms with Crippen LogP contribution in [0, 0.1) is 11.3 Å². The second-order valence-electron chi connectivity index (χ2n) is 4.75. The first-order chi connectivity index (χ1) is 10.8. The van der Waals surface area contributed by atoms with Crippen molar-refractivity contribution in [3.8, 4) is 17.6 Å². The second kappa shape index (κ2) is 6.73. The van der Waals surface area contributed by atoms with E-state index in [1.807, 2.05) is 0 Å². The Hall–Kier alpha value is -2.49. The van der Waals surface area contributed by atoms with Crippen LogP contribution < -0.4 is 0 Å². The lowest BCUT2D eigenvalue weighted by molar-refractivity contribution is 0.450. The van der Waals surface area contributed by atoms with Crippen molar-refractivity contribution >= 4 is 27.5 Å². The van der Waals surface area contributed by atoms with Gasteiger partial charge in [0.25, 0.3) is 0 Å². The van der Waals surface area contributed by atoms with Gasteiger partial charge in [-0.15, -0.1) is 0 Å². The van der Waals surface area contributed by atoms with Crippen molar-refractivity contribution in [3.05, 3.63) is 63.5 Å². The Kier molecular flexibility index (Phi) is 4.94. The van der Waals surface area contributed by atoms with E-state index >= 15 is 0 Å². The number of halogens is 1. The molecule has 7 heteroatoms. The van der Waals surface area contributed by atoms with Gasteiger partial charge >= 0.3 is 0 Å². The number of benzene rings is 2. The number of phenolic OH excluding ortho intramolecular Hbond substituents is 2. The van der Waals surface area contributed by atoms with E-state index in [2.05, 4.69) is 0 Å². The molecule has 2 aromatic carbocycles. The minimum Gasteiger partial charge on any atom is -0.508 e. The third-order valence-corrected chi connectivity index (χ3v) is 4.86. The zero-order valence-corrected chi connectivity index (χ0v) is 13.3. The lowest BCUT2D eigenvalue weighted by Crippen LogP contribution is -2.06. The van der Waals surface area contributed by atoms with Gasteiger partial charge in [-0.25, -0.2) is 8.42 Å². The van der Waals surface area contributed by atoms with Gasteiger partial charge in [0.05, 0.1) is 5.75 Å². The van der Waals surface area contributed by atoms with Crippen molar-refractivity contribution in [1.82, 2.24) is 0 Å². The smallest absolute Gasteiger partial charge is 0.192 e. The lowest BCUT2D eigenvalue weighted by atomic mass is 10.2. The number of nitrogens with zero attached hydrogens (tertiary/aromatic N) is 1. The molecule has 0 aliphatic heterocycles. The van der Waals surface area contributed by atoms with Crippen molar-refractivity contribution in [2.75, 3.05) is 0 Å². The topological polar surface area (TPSA) is 98.4 Å². The number of aromatic hydroxyl groups is 2. The maximum absolute atomic E-state index is 12.3. The van der Waals surface area contributed by atoms with Crippen LogP contribution in [-0.2, 0) is 15.6 Å². The lowest BCUT2D eigenvalue weighted by Gasteiger charge is -2.05. The number of rotatable bonds is 4. The number of sulfone groups is 1. The molecule has 2 aromatic rings. The molecule has 0 aromatic heterocycles. The van der Waals surface area contributed by atoms with Crippen LogP contribution in [0.5, 0.6) is 11.5 Å². The summed E-state index contributed by atoms with van der Waals surface area (Å²) in [6, 6.07) is 11.6. The fourth-order valence-electron chi connectivity index (χ4n) is 1.86. The van der Waals surface area contributed by atoms with Crippen LogP contribution in [0.15, 0.2) is 47.4 Å². The number of nitriles is 1. The average Bonchev–Trinajstić information content (AvgIpc) is 2.48. The van der Waals surface area contributed by atoms with Crippen molar-refractivity contribution in [3.63, 3.8) is 0 Å². The predicted molar refractivity (Wildman–Crippen MR) is 87.4 cm³/mol. The first-order valence-electron chi connectivity index (χ1n) is 6.43. The first-order valence-corrected chi connectivity index (χ1v) is 8.46. The Labute approximate surface area is 138 Å². The molecule has 0 aliphatic rings. The standard InChI is InChI=1S/C16H12ClNO4S/c17-13-4-1-11(2-5-13)10-23(21,22)15(9-18)7-12-3-6-14(19)8-16(12)20/h1-8,19-20H,10H2/b15-7+. The highest BCUT2D eigenvalue weighted by Crippen LogP contribution is 2.26. The maximum atomic E-state index is 12.3. The number of allylic oxidation sites excluding steroid dienone is 1. The van der Waals surface area contributed by atoms with E-state index in [1.54, 1.807) is 30.3 Å². The molecule has 0 saturated heterocycles. The summed E-state index contributed by atoms with van der Waals surface area (Å²) in [5.74, 6) is -0.843. The summed E-state index contributed by atoms with van der Waals surface area (Å²) < 4.78 is 24.7. The third kappa shape index (κ3) is 4.25. The number of phenols is 2. The van der Waals surface area contributed by atoms with Crippen LogP contribution in [0.2, 0.25) is 5.02 Å². The molecule has 0 radical (unpaired) electrons. The average molecular weight is 350 g/mol. The van der Waals surface area contributed by atoms with E-state index in [9.17, 15) is 18.6 Å². The van der Waals surface area contributed by atoms with Crippen LogP contribution in [-0.4, -0.2) is 18.6 Å². The van der Waals surface area contributed by atoms with E-state index < -0.39 is 14.7 Å². The number of hydrogen-bond acceptors (Lipinski definition) is 5. The molecule has 0 unspecified atom stereocenters. The normalized spacial score (nSPS) is 11.9. The molecule has 0 atom stereocenters. The summed E-state index contributed by atoms with van der Waals surface area (Å²) in [7, 11) is -3.88. The monoisotopic (exact) mass is 349 g/mol. The quantitative estimate of drug-likeness (QED) is 0.826. The van der Waals surface area contributed by atoms with E-state index in [4.69, 9.17) is 16.9 Å². The van der Waals surface area contributed by atoms with E-state index in [1.165, 1.54) is 12.1 Å². The van der Waals surface area contributed by atoms with Gasteiger partial charge in [-0.05, 0) is 35.9 Å². The molecule has 0 aliphatic carbocycles. The summed E-state index contributed by atoms with van der Waals surface area (Å²) >= 11 is 5.75. The van der Waals surface area contributed by atoms with Gasteiger partial charge in [0, 0.05) is 16.7 Å². The van der Waals surface area contributed by atoms with Crippen molar-refractivity contribution < 1.29 is 18.6 Å². The molecule has 0 amide bonds. The largest absolute Gasteiger partial charge is 0.508 e. The van der Waals surface area contributed by atoms with Crippen LogP contribution in [0.4, 0.5) is 0 Å². The van der Waals surface area contributed by atoms with Crippen LogP contribution in [0.25, 0.3) is 6.08 Å². The molecule has 2 rings (SSSR count). The van der Waals surface area contributed by atoms with Gasteiger partial charge in [0.2, 0.25) is 0 Å². The van der Waals surface area contributed by atoms with Gasteiger partial charge in [-0.1, -0.05) is 23.7 Å². The third-order valence-electron chi connectivity index (χ3n) is 3.02. The molecule has 23 heavy (non-hydrogen) atoms. The minimum absolute atomic E-state index is 0.124. The summed E-state index contributed by atoms with van der Waals surface area (Å²) in [5, 5.41) is 28.6. The van der Waals surface area contributed by atoms with Crippen molar-refractivity contribution in [1.29, 1.82) is 5.26 Å². The Balaban J connectivity index is 2.37. The van der Waals surface area contributed by atoms with E-state index in [-0.39, 0.29) is 22.8 Å². The molecule has 0 fully saturated rings. The zero-order chi connectivity index (χ0) is 17.0. The molecule has 0 saturated carbocycles. The second-order valence-corrected chi connectivity index (χ2v) is 7.14. The fraction of sp³-hybridized carbons (Fsp3) is 0.0625. The van der Waals surface area contributed by atoms with E-state index in [0.29, 0.717) is 10.6 Å². The summed E-state index contributed by atoms with van der Waals surface area (Å²) in [6.45, 7) is 0. The molecule has 5 nitrogen and oxygen atoms in total. The highest BCUT2D eigenvalue weighted by atomic mass is 35.5. The number of hydrogen-bond donors (Lipinski definition) is 2. The van der Waals surface area contributed by atoms with Crippen molar-refractivity contribution in [2.45, 2.75) is 5.75 Å². The Morgan fingerprint density at radius 1 is 1.17 bits per heavy atom. The molecule has 0 bridgehead atoms. The molecule has 2 N–H and O–H groups in total. The van der Waals surface area contributed by atoms with Gasteiger partial charge in [-0.2, -0.15) is 5.26 Å². The molecular weight excluding hydrogens is 338 g/mol. The van der Waals surface area contributed by atoms with Crippen LogP contribution >= 0.6 is 11.6 Å². The molecule has 118 valence electrons.